The number of piperazine rings is 1. The smallest absolute Gasteiger partial charge is 0.132 e. The molecule has 0 spiro atoms. The second kappa shape index (κ2) is 6.43. The molecule has 0 bridgehead atoms. The third kappa shape index (κ3) is 3.38. The van der Waals surface area contributed by atoms with Gasteiger partial charge in [-0.25, -0.2) is 0 Å². The van der Waals surface area contributed by atoms with E-state index in [1.807, 2.05) is 6.07 Å². The van der Waals surface area contributed by atoms with E-state index in [2.05, 4.69) is 46.3 Å². The minimum Gasteiger partial charge on any atom is -0.410 e. The highest BCUT2D eigenvalue weighted by atomic mass is 16.4. The number of rotatable bonds is 4. The fourth-order valence-electron chi connectivity index (χ4n) is 2.43. The molecule has 1 fully saturated rings. The molecule has 5 nitrogen and oxygen atoms in total. The van der Waals surface area contributed by atoms with Gasteiger partial charge in [0.2, 0.25) is 0 Å². The molecule has 1 saturated heterocycles. The molecule has 0 unspecified atom stereocenters. The monoisotopic (exact) mass is 262 g/mol. The number of hydrogen-bond donors (Lipinski definition) is 2. The van der Waals surface area contributed by atoms with E-state index >= 15 is 0 Å². The fraction of sp³-hybridized carbons (Fsp3) is 0.500. The quantitative estimate of drug-likeness (QED) is 0.377. The molecular weight excluding hydrogens is 240 g/mol. The molecule has 5 heteroatoms. The van der Waals surface area contributed by atoms with Gasteiger partial charge in [0, 0.05) is 37.6 Å². The summed E-state index contributed by atoms with van der Waals surface area (Å²) in [6.45, 7) is 9.83. The van der Waals surface area contributed by atoms with Crippen LogP contribution < -0.4 is 10.2 Å². The predicted molar refractivity (Wildman–Crippen MR) is 79.4 cm³/mol. The molecule has 0 aromatic heterocycles. The number of nitrogens with zero attached hydrogens (tertiary/aromatic N) is 3. The fourth-order valence-corrected chi connectivity index (χ4v) is 2.43. The van der Waals surface area contributed by atoms with Gasteiger partial charge < -0.3 is 20.3 Å². The highest BCUT2D eigenvalue weighted by Crippen LogP contribution is 2.23. The lowest BCUT2D eigenvalue weighted by atomic mass is 10.1. The van der Waals surface area contributed by atoms with Crippen molar-refractivity contribution in [2.45, 2.75) is 13.8 Å². The Kier molecular flexibility index (Phi) is 4.63. The molecule has 2 N–H and O–H groups in total. The zero-order valence-electron chi connectivity index (χ0n) is 11.6. The van der Waals surface area contributed by atoms with Crippen LogP contribution in [0, 0.1) is 6.92 Å². The lowest BCUT2D eigenvalue weighted by molar-refractivity contribution is 0.271. The Morgan fingerprint density at radius 3 is 2.63 bits per heavy atom. The van der Waals surface area contributed by atoms with Crippen LogP contribution in [-0.2, 0) is 0 Å². The Hall–Kier alpha value is -1.75. The van der Waals surface area contributed by atoms with E-state index in [-0.39, 0.29) is 0 Å². The van der Waals surface area contributed by atoms with Gasteiger partial charge in [0.1, 0.15) is 6.34 Å². The number of aryl methyl sites for hydroxylation is 1. The molecule has 0 amide bonds. The van der Waals surface area contributed by atoms with E-state index < -0.39 is 0 Å². The summed E-state index contributed by atoms with van der Waals surface area (Å²) < 4.78 is 0. The number of anilines is 2. The lowest BCUT2D eigenvalue weighted by Gasteiger charge is -2.35. The first-order valence-corrected chi connectivity index (χ1v) is 6.75. The largest absolute Gasteiger partial charge is 0.410 e. The summed E-state index contributed by atoms with van der Waals surface area (Å²) in [5, 5.41) is 14.3. The van der Waals surface area contributed by atoms with E-state index in [0.717, 1.165) is 44.0 Å². The van der Waals surface area contributed by atoms with Gasteiger partial charge in [0.05, 0.1) is 0 Å². The molecule has 0 saturated carbocycles. The van der Waals surface area contributed by atoms with E-state index in [1.54, 1.807) is 0 Å². The van der Waals surface area contributed by atoms with Crippen LogP contribution in [0.1, 0.15) is 12.5 Å². The molecule has 1 aromatic carbocycles. The summed E-state index contributed by atoms with van der Waals surface area (Å²) in [5.41, 5.74) is 3.38. The Morgan fingerprint density at radius 1 is 1.32 bits per heavy atom. The van der Waals surface area contributed by atoms with Crippen molar-refractivity contribution in [3.63, 3.8) is 0 Å². The zero-order chi connectivity index (χ0) is 13.7. The maximum atomic E-state index is 8.42. The van der Waals surface area contributed by atoms with E-state index in [9.17, 15) is 0 Å². The van der Waals surface area contributed by atoms with Crippen molar-refractivity contribution in [3.8, 4) is 0 Å². The second-order valence-electron chi connectivity index (χ2n) is 4.81. The van der Waals surface area contributed by atoms with Crippen molar-refractivity contribution in [3.05, 3.63) is 23.8 Å². The molecule has 0 aliphatic carbocycles. The Morgan fingerprint density at radius 2 is 2.05 bits per heavy atom. The number of oxime groups is 1. The first-order valence-electron chi connectivity index (χ1n) is 6.75. The normalized spacial score (nSPS) is 17.1. The molecule has 104 valence electrons. The van der Waals surface area contributed by atoms with Crippen molar-refractivity contribution in [2.24, 2.45) is 5.16 Å². The standard InChI is InChI=1S/C14H22N4O/c1-3-17-6-8-18(9-7-17)13-4-5-14(12(2)10-13)15-11-16-19/h4-5,10-11,19H,3,6-9H2,1-2H3,(H,15,16). The molecule has 1 aliphatic heterocycles. The summed E-state index contributed by atoms with van der Waals surface area (Å²) in [6.07, 6.45) is 1.28. The minimum absolute atomic E-state index is 0.966. The van der Waals surface area contributed by atoms with Crippen molar-refractivity contribution in [1.82, 2.24) is 4.90 Å². The highest BCUT2D eigenvalue weighted by molar-refractivity contribution is 5.77. The third-order valence-corrected chi connectivity index (χ3v) is 3.67. The maximum absolute atomic E-state index is 8.42. The minimum atomic E-state index is 0.966. The molecular formula is C14H22N4O. The van der Waals surface area contributed by atoms with Gasteiger partial charge in [-0.2, -0.15) is 0 Å². The highest BCUT2D eigenvalue weighted by Gasteiger charge is 2.16. The van der Waals surface area contributed by atoms with E-state index in [0.29, 0.717) is 0 Å². The van der Waals surface area contributed by atoms with Crippen LogP contribution in [0.25, 0.3) is 0 Å². The number of likely N-dealkylation sites (N-methyl/N-ethyl adjacent to an activating group) is 1. The molecule has 2 rings (SSSR count). The topological polar surface area (TPSA) is 51.1 Å². The van der Waals surface area contributed by atoms with E-state index in [4.69, 9.17) is 5.21 Å². The number of benzene rings is 1. The van der Waals surface area contributed by atoms with E-state index in [1.165, 1.54) is 12.0 Å². The summed E-state index contributed by atoms with van der Waals surface area (Å²) in [6, 6.07) is 6.32. The van der Waals surface area contributed by atoms with Gasteiger partial charge in [-0.3, -0.25) is 0 Å². The third-order valence-electron chi connectivity index (χ3n) is 3.67. The van der Waals surface area contributed by atoms with Gasteiger partial charge >= 0.3 is 0 Å². The molecule has 1 heterocycles. The molecule has 0 atom stereocenters. The van der Waals surface area contributed by atoms with Crippen molar-refractivity contribution in [1.29, 1.82) is 0 Å². The molecule has 1 aromatic rings. The van der Waals surface area contributed by atoms with Crippen molar-refractivity contribution < 1.29 is 5.21 Å². The Bertz CT molecular complexity index is 439. The van der Waals surface area contributed by atoms with Crippen LogP contribution in [0.4, 0.5) is 11.4 Å². The van der Waals surface area contributed by atoms with Crippen LogP contribution in [0.15, 0.2) is 23.4 Å². The molecule has 19 heavy (non-hydrogen) atoms. The average Bonchev–Trinajstić information content (AvgIpc) is 2.46. The Balaban J connectivity index is 2.03. The first kappa shape index (κ1) is 13.7. The SMILES string of the molecule is CCN1CCN(c2ccc(N/C=N/O)c(C)c2)CC1. The second-order valence-corrected chi connectivity index (χ2v) is 4.81. The van der Waals surface area contributed by atoms with Crippen LogP contribution in [0.5, 0.6) is 0 Å². The molecule has 0 radical (unpaired) electrons. The Labute approximate surface area is 114 Å². The summed E-state index contributed by atoms with van der Waals surface area (Å²) >= 11 is 0. The average molecular weight is 262 g/mol. The van der Waals surface area contributed by atoms with Crippen LogP contribution in [0.2, 0.25) is 0 Å². The first-order chi connectivity index (χ1) is 9.24. The number of hydrogen-bond acceptors (Lipinski definition) is 4. The van der Waals surface area contributed by atoms with Crippen molar-refractivity contribution >= 4 is 17.7 Å². The van der Waals surface area contributed by atoms with Crippen LogP contribution >= 0.6 is 0 Å². The lowest BCUT2D eigenvalue weighted by Crippen LogP contribution is -2.46. The van der Waals surface area contributed by atoms with Gasteiger partial charge in [0.15, 0.2) is 0 Å². The van der Waals surface area contributed by atoms with Gasteiger partial charge in [-0.05, 0) is 37.2 Å². The van der Waals surface area contributed by atoms with Crippen LogP contribution in [0.3, 0.4) is 0 Å². The summed E-state index contributed by atoms with van der Waals surface area (Å²) in [5.74, 6) is 0. The summed E-state index contributed by atoms with van der Waals surface area (Å²) in [4.78, 5) is 4.89. The van der Waals surface area contributed by atoms with Gasteiger partial charge in [-0.1, -0.05) is 12.1 Å². The van der Waals surface area contributed by atoms with Gasteiger partial charge in [0.25, 0.3) is 0 Å². The maximum Gasteiger partial charge on any atom is 0.132 e. The predicted octanol–water partition coefficient (Wildman–Crippen LogP) is 1.97. The zero-order valence-corrected chi connectivity index (χ0v) is 11.6. The van der Waals surface area contributed by atoms with Crippen molar-refractivity contribution in [2.75, 3.05) is 42.9 Å². The van der Waals surface area contributed by atoms with Crippen LogP contribution in [-0.4, -0.2) is 49.2 Å². The summed E-state index contributed by atoms with van der Waals surface area (Å²) in [7, 11) is 0. The molecule has 1 aliphatic rings. The number of nitrogens with one attached hydrogen (secondary N) is 1. The van der Waals surface area contributed by atoms with Gasteiger partial charge in [-0.15, -0.1) is 0 Å².